The first-order valence-corrected chi connectivity index (χ1v) is 10.4. The van der Waals surface area contributed by atoms with Crippen LogP contribution in [-0.2, 0) is 27.3 Å². The maximum absolute atomic E-state index is 12.8. The Hall–Kier alpha value is -3.22. The van der Waals surface area contributed by atoms with Gasteiger partial charge in [-0.3, -0.25) is 14.6 Å². The lowest BCUT2D eigenvalue weighted by atomic mass is 9.76. The van der Waals surface area contributed by atoms with E-state index in [4.69, 9.17) is 4.74 Å². The molecule has 1 atom stereocenters. The molecule has 0 N–H and O–H groups in total. The number of imidazole rings is 1. The Labute approximate surface area is 174 Å². The fourth-order valence-corrected chi connectivity index (χ4v) is 4.70. The maximum Gasteiger partial charge on any atom is 0.312 e. The summed E-state index contributed by atoms with van der Waals surface area (Å²) in [4.78, 5) is 35.7. The molecular weight excluding hydrogens is 380 g/mol. The number of esters is 1. The van der Waals surface area contributed by atoms with Crippen molar-refractivity contribution in [3.05, 3.63) is 60.7 Å². The van der Waals surface area contributed by atoms with Crippen LogP contribution in [0.5, 0.6) is 0 Å². The number of benzene rings is 1. The van der Waals surface area contributed by atoms with Gasteiger partial charge in [-0.05, 0) is 36.6 Å². The first-order chi connectivity index (χ1) is 14.6. The van der Waals surface area contributed by atoms with Gasteiger partial charge in [-0.2, -0.15) is 0 Å². The number of ether oxygens (including phenoxy) is 1. The molecule has 1 amide bonds. The summed E-state index contributed by atoms with van der Waals surface area (Å²) in [5.41, 5.74) is 2.43. The summed E-state index contributed by atoms with van der Waals surface area (Å²) in [6.45, 7) is 1.79. The molecule has 2 aliphatic rings. The van der Waals surface area contributed by atoms with Crippen LogP contribution in [0.3, 0.4) is 0 Å². The topological polar surface area (TPSA) is 77.3 Å². The summed E-state index contributed by atoms with van der Waals surface area (Å²) in [6.07, 6.45) is 7.44. The zero-order valence-electron chi connectivity index (χ0n) is 16.7. The molecule has 1 unspecified atom stereocenters. The number of rotatable bonds is 4. The van der Waals surface area contributed by atoms with Crippen LogP contribution >= 0.6 is 0 Å². The molecule has 0 radical (unpaired) electrons. The van der Waals surface area contributed by atoms with Crippen LogP contribution in [0.15, 0.2) is 55.1 Å². The zero-order chi connectivity index (χ0) is 20.6. The highest BCUT2D eigenvalue weighted by atomic mass is 16.6. The number of likely N-dealkylation sites (tertiary alicyclic amines) is 1. The molecule has 2 fully saturated rings. The quantitative estimate of drug-likeness (QED) is 0.625. The van der Waals surface area contributed by atoms with E-state index in [1.807, 2.05) is 47.6 Å². The Balaban J connectivity index is 1.21. The number of amides is 1. The van der Waals surface area contributed by atoms with Crippen molar-refractivity contribution < 1.29 is 14.3 Å². The van der Waals surface area contributed by atoms with Crippen molar-refractivity contribution >= 4 is 22.9 Å². The van der Waals surface area contributed by atoms with Crippen LogP contribution in [0.4, 0.5) is 0 Å². The number of hydrogen-bond acceptors (Lipinski definition) is 5. The van der Waals surface area contributed by atoms with Gasteiger partial charge in [-0.25, -0.2) is 4.98 Å². The molecule has 5 rings (SSSR count). The molecule has 1 spiro atoms. The van der Waals surface area contributed by atoms with Crippen LogP contribution in [-0.4, -0.2) is 50.5 Å². The minimum Gasteiger partial charge on any atom is -0.460 e. The highest BCUT2D eigenvalue weighted by molar-refractivity contribution is 5.81. The summed E-state index contributed by atoms with van der Waals surface area (Å²) in [5.74, 6) is -0.0260. The lowest BCUT2D eigenvalue weighted by molar-refractivity contribution is -0.152. The van der Waals surface area contributed by atoms with Crippen LogP contribution in [0, 0.1) is 5.41 Å². The van der Waals surface area contributed by atoms with Crippen molar-refractivity contribution in [2.45, 2.75) is 38.3 Å². The van der Waals surface area contributed by atoms with Crippen molar-refractivity contribution in [2.75, 3.05) is 13.1 Å². The van der Waals surface area contributed by atoms with Crippen LogP contribution in [0.1, 0.15) is 24.8 Å². The van der Waals surface area contributed by atoms with Gasteiger partial charge < -0.3 is 14.2 Å². The van der Waals surface area contributed by atoms with E-state index < -0.39 is 5.41 Å². The van der Waals surface area contributed by atoms with Crippen LogP contribution < -0.4 is 0 Å². The van der Waals surface area contributed by atoms with Gasteiger partial charge in [0.1, 0.15) is 6.10 Å². The van der Waals surface area contributed by atoms with Gasteiger partial charge in [0.05, 0.1) is 35.7 Å². The van der Waals surface area contributed by atoms with Gasteiger partial charge in [0, 0.05) is 31.9 Å². The van der Waals surface area contributed by atoms with E-state index in [1.165, 1.54) is 0 Å². The maximum atomic E-state index is 12.8. The molecule has 3 aromatic rings. The SMILES string of the molecule is O=C(Cc1cccnc1)N1CCC2(CC1)CC(Cn1cnc3ccccc31)OC2=O. The number of carbonyl (C=O) groups excluding carboxylic acids is 2. The Morgan fingerprint density at radius 1 is 1.17 bits per heavy atom. The fraction of sp³-hybridized carbons (Fsp3) is 0.391. The first kappa shape index (κ1) is 18.8. The van der Waals surface area contributed by atoms with Gasteiger partial charge in [-0.1, -0.05) is 18.2 Å². The number of fused-ring (bicyclic) bond motifs is 1. The smallest absolute Gasteiger partial charge is 0.312 e. The Morgan fingerprint density at radius 3 is 2.80 bits per heavy atom. The van der Waals surface area contributed by atoms with Gasteiger partial charge in [0.15, 0.2) is 0 Å². The summed E-state index contributed by atoms with van der Waals surface area (Å²) in [5, 5.41) is 0. The van der Waals surface area contributed by atoms with Crippen molar-refractivity contribution in [1.82, 2.24) is 19.4 Å². The average molecular weight is 404 g/mol. The van der Waals surface area contributed by atoms with Gasteiger partial charge in [0.2, 0.25) is 5.91 Å². The van der Waals surface area contributed by atoms with E-state index in [1.54, 1.807) is 12.4 Å². The molecular formula is C23H24N4O3. The number of carbonyl (C=O) groups is 2. The molecule has 1 aromatic carbocycles. The predicted molar refractivity (Wildman–Crippen MR) is 110 cm³/mol. The molecule has 0 saturated carbocycles. The Kier molecular flexibility index (Phi) is 4.73. The second-order valence-electron chi connectivity index (χ2n) is 8.32. The summed E-state index contributed by atoms with van der Waals surface area (Å²) < 4.78 is 7.82. The van der Waals surface area contributed by atoms with Crippen molar-refractivity contribution in [3.63, 3.8) is 0 Å². The summed E-state index contributed by atoms with van der Waals surface area (Å²) in [7, 11) is 0. The molecule has 154 valence electrons. The van der Waals surface area contributed by atoms with Crippen molar-refractivity contribution in [2.24, 2.45) is 5.41 Å². The van der Waals surface area contributed by atoms with E-state index in [0.29, 0.717) is 45.3 Å². The third-order valence-corrected chi connectivity index (χ3v) is 6.40. The highest BCUT2D eigenvalue weighted by Gasteiger charge is 2.50. The van der Waals surface area contributed by atoms with Gasteiger partial charge >= 0.3 is 5.97 Å². The Morgan fingerprint density at radius 2 is 2.00 bits per heavy atom. The van der Waals surface area contributed by atoms with Gasteiger partial charge in [-0.15, -0.1) is 0 Å². The largest absolute Gasteiger partial charge is 0.460 e. The molecule has 2 aromatic heterocycles. The molecule has 0 aliphatic carbocycles. The molecule has 30 heavy (non-hydrogen) atoms. The van der Waals surface area contributed by atoms with Crippen LogP contribution in [0.2, 0.25) is 0 Å². The predicted octanol–water partition coefficient (Wildman–Crippen LogP) is 2.60. The highest BCUT2D eigenvalue weighted by Crippen LogP contribution is 2.43. The molecule has 4 heterocycles. The lowest BCUT2D eigenvalue weighted by Gasteiger charge is -2.36. The van der Waals surface area contributed by atoms with E-state index in [2.05, 4.69) is 14.5 Å². The minimum atomic E-state index is -0.466. The number of pyridine rings is 1. The number of para-hydroxylation sites is 2. The molecule has 2 aliphatic heterocycles. The molecule has 7 heteroatoms. The third-order valence-electron chi connectivity index (χ3n) is 6.40. The molecule has 2 saturated heterocycles. The average Bonchev–Trinajstić information content (AvgIpc) is 3.30. The van der Waals surface area contributed by atoms with E-state index in [9.17, 15) is 9.59 Å². The monoisotopic (exact) mass is 404 g/mol. The second-order valence-corrected chi connectivity index (χ2v) is 8.32. The van der Waals surface area contributed by atoms with E-state index in [0.717, 1.165) is 16.6 Å². The number of piperidine rings is 1. The number of aromatic nitrogens is 3. The second kappa shape index (κ2) is 7.55. The van der Waals surface area contributed by atoms with E-state index >= 15 is 0 Å². The van der Waals surface area contributed by atoms with Gasteiger partial charge in [0.25, 0.3) is 0 Å². The third kappa shape index (κ3) is 3.44. The molecule has 7 nitrogen and oxygen atoms in total. The normalized spacial score (nSPS) is 20.6. The lowest BCUT2D eigenvalue weighted by Crippen LogP contribution is -2.45. The number of cyclic esters (lactones) is 1. The zero-order valence-corrected chi connectivity index (χ0v) is 16.7. The number of hydrogen-bond donors (Lipinski definition) is 0. The summed E-state index contributed by atoms with van der Waals surface area (Å²) >= 11 is 0. The van der Waals surface area contributed by atoms with Crippen molar-refractivity contribution in [3.8, 4) is 0 Å². The fourth-order valence-electron chi connectivity index (χ4n) is 4.70. The summed E-state index contributed by atoms with van der Waals surface area (Å²) in [6, 6.07) is 11.7. The van der Waals surface area contributed by atoms with Crippen molar-refractivity contribution in [1.29, 1.82) is 0 Å². The Bertz CT molecular complexity index is 1070. The first-order valence-electron chi connectivity index (χ1n) is 10.4. The minimum absolute atomic E-state index is 0.0886. The van der Waals surface area contributed by atoms with E-state index in [-0.39, 0.29) is 18.0 Å². The molecule has 0 bridgehead atoms. The standard InChI is InChI=1S/C23H24N4O3/c28-21(12-17-4-3-9-24-14-17)26-10-7-23(8-11-26)13-18(30-22(23)29)15-27-16-25-19-5-1-2-6-20(19)27/h1-6,9,14,16,18H,7-8,10-13,15H2. The van der Waals surface area contributed by atoms with Crippen LogP contribution in [0.25, 0.3) is 11.0 Å². The number of nitrogens with zero attached hydrogens (tertiary/aromatic N) is 4.